The molecule has 0 spiro atoms. The molecule has 2 saturated heterocycles. The predicted octanol–water partition coefficient (Wildman–Crippen LogP) is 3.71. The minimum Gasteiger partial charge on any atom is -0.462 e. The highest BCUT2D eigenvalue weighted by Gasteiger charge is 2.47. The summed E-state index contributed by atoms with van der Waals surface area (Å²) in [5.41, 5.74) is 3.04. The van der Waals surface area contributed by atoms with E-state index in [2.05, 4.69) is 80.4 Å². The number of carbonyl (C=O) groups excluding carboxylic acids is 1. The number of likely N-dealkylation sites (tertiary alicyclic amines) is 1. The molecule has 0 radical (unpaired) electrons. The van der Waals surface area contributed by atoms with Crippen LogP contribution < -0.4 is 4.90 Å². The molecule has 3 aromatic rings. The standard InChI is InChI=1S/C25H26N4O2/c1-2-31-24(30)20-14-26-25(27-15-20)29-17-21-13-22(29)16-28(21)23(18-9-5-3-6-10-18)19-11-7-4-8-12-19/h3-12,14-15,21-23H,2,13,16-17H2,1H3. The van der Waals surface area contributed by atoms with Crippen LogP contribution in [-0.2, 0) is 4.74 Å². The van der Waals surface area contributed by atoms with Crippen LogP contribution >= 0.6 is 0 Å². The number of esters is 1. The molecule has 2 unspecified atom stereocenters. The van der Waals surface area contributed by atoms with Crippen LogP contribution in [0.1, 0.15) is 40.9 Å². The molecule has 0 aliphatic carbocycles. The Kier molecular flexibility index (Phi) is 5.38. The molecule has 6 nitrogen and oxygen atoms in total. The maximum atomic E-state index is 11.9. The summed E-state index contributed by atoms with van der Waals surface area (Å²) in [6, 6.07) is 22.5. The molecule has 3 heterocycles. The minimum absolute atomic E-state index is 0.242. The van der Waals surface area contributed by atoms with Gasteiger partial charge in [-0.3, -0.25) is 4.90 Å². The Morgan fingerprint density at radius 3 is 2.10 bits per heavy atom. The van der Waals surface area contributed by atoms with Crippen molar-refractivity contribution in [1.82, 2.24) is 14.9 Å². The topological polar surface area (TPSA) is 58.6 Å². The normalized spacial score (nSPS) is 20.4. The van der Waals surface area contributed by atoms with Gasteiger partial charge >= 0.3 is 5.97 Å². The summed E-state index contributed by atoms with van der Waals surface area (Å²) in [5, 5.41) is 0. The first-order valence-electron chi connectivity index (χ1n) is 10.9. The second kappa shape index (κ2) is 8.47. The van der Waals surface area contributed by atoms with Gasteiger partial charge in [0.1, 0.15) is 0 Å². The number of anilines is 1. The molecule has 2 bridgehead atoms. The van der Waals surface area contributed by atoms with Crippen LogP contribution in [0.25, 0.3) is 0 Å². The molecular formula is C25H26N4O2. The quantitative estimate of drug-likeness (QED) is 0.573. The first kappa shape index (κ1) is 19.7. The van der Waals surface area contributed by atoms with Crippen molar-refractivity contribution in [2.45, 2.75) is 31.5 Å². The highest BCUT2D eigenvalue weighted by Crippen LogP contribution is 2.40. The molecule has 2 fully saturated rings. The molecule has 0 amide bonds. The Hall–Kier alpha value is -3.25. The Morgan fingerprint density at radius 2 is 1.58 bits per heavy atom. The van der Waals surface area contributed by atoms with Gasteiger partial charge in [0.25, 0.3) is 0 Å². The summed E-state index contributed by atoms with van der Waals surface area (Å²) >= 11 is 0. The van der Waals surface area contributed by atoms with Gasteiger partial charge in [-0.1, -0.05) is 60.7 Å². The number of hydrogen-bond donors (Lipinski definition) is 0. The monoisotopic (exact) mass is 414 g/mol. The molecule has 0 N–H and O–H groups in total. The lowest BCUT2D eigenvalue weighted by Gasteiger charge is -2.39. The van der Waals surface area contributed by atoms with Crippen molar-refractivity contribution < 1.29 is 9.53 Å². The summed E-state index contributed by atoms with van der Waals surface area (Å²) < 4.78 is 5.03. The van der Waals surface area contributed by atoms with Crippen molar-refractivity contribution in [2.75, 3.05) is 24.6 Å². The Labute approximate surface area is 182 Å². The fourth-order valence-corrected chi connectivity index (χ4v) is 4.89. The first-order valence-corrected chi connectivity index (χ1v) is 10.9. The zero-order valence-corrected chi connectivity index (χ0v) is 17.6. The lowest BCUT2D eigenvalue weighted by molar-refractivity contribution is 0.0525. The van der Waals surface area contributed by atoms with Crippen LogP contribution in [-0.4, -0.2) is 52.6 Å². The number of nitrogens with zero attached hydrogens (tertiary/aromatic N) is 4. The summed E-state index contributed by atoms with van der Waals surface area (Å²) in [7, 11) is 0. The van der Waals surface area contributed by atoms with Crippen molar-refractivity contribution in [1.29, 1.82) is 0 Å². The summed E-state index contributed by atoms with van der Waals surface area (Å²) in [6.45, 7) is 3.98. The molecule has 158 valence electrons. The second-order valence-electron chi connectivity index (χ2n) is 8.11. The summed E-state index contributed by atoms with van der Waals surface area (Å²) in [5.74, 6) is 0.313. The molecule has 2 aliphatic heterocycles. The lowest BCUT2D eigenvalue weighted by atomic mass is 9.96. The average Bonchev–Trinajstić information content (AvgIpc) is 3.42. The third kappa shape index (κ3) is 3.79. The molecule has 0 saturated carbocycles. The van der Waals surface area contributed by atoms with Gasteiger partial charge in [-0.05, 0) is 24.5 Å². The van der Waals surface area contributed by atoms with Gasteiger partial charge in [-0.2, -0.15) is 0 Å². The fraction of sp³-hybridized carbons (Fsp3) is 0.320. The molecule has 5 rings (SSSR count). The average molecular weight is 415 g/mol. The third-order valence-electron chi connectivity index (χ3n) is 6.25. The highest BCUT2D eigenvalue weighted by atomic mass is 16.5. The highest BCUT2D eigenvalue weighted by molar-refractivity contribution is 5.88. The Balaban J connectivity index is 1.36. The van der Waals surface area contributed by atoms with E-state index in [0.717, 1.165) is 19.5 Å². The van der Waals surface area contributed by atoms with Crippen LogP contribution in [0.3, 0.4) is 0 Å². The smallest absolute Gasteiger partial charge is 0.341 e. The van der Waals surface area contributed by atoms with Crippen LogP contribution in [0.4, 0.5) is 5.95 Å². The van der Waals surface area contributed by atoms with Gasteiger partial charge in [0.2, 0.25) is 5.95 Å². The number of ether oxygens (including phenoxy) is 1. The lowest BCUT2D eigenvalue weighted by Crippen LogP contribution is -2.48. The van der Waals surface area contributed by atoms with Crippen molar-refractivity contribution >= 4 is 11.9 Å². The Bertz CT molecular complexity index is 987. The molecule has 31 heavy (non-hydrogen) atoms. The molecular weight excluding hydrogens is 388 g/mol. The zero-order valence-electron chi connectivity index (χ0n) is 17.6. The van der Waals surface area contributed by atoms with E-state index in [0.29, 0.717) is 30.2 Å². The van der Waals surface area contributed by atoms with E-state index in [9.17, 15) is 4.79 Å². The van der Waals surface area contributed by atoms with E-state index in [1.807, 2.05) is 0 Å². The minimum atomic E-state index is -0.378. The van der Waals surface area contributed by atoms with Gasteiger partial charge in [0.05, 0.1) is 18.2 Å². The molecule has 1 aromatic heterocycles. The van der Waals surface area contributed by atoms with Crippen LogP contribution in [0.15, 0.2) is 73.1 Å². The number of hydrogen-bond acceptors (Lipinski definition) is 6. The van der Waals surface area contributed by atoms with E-state index in [4.69, 9.17) is 4.74 Å². The van der Waals surface area contributed by atoms with Crippen molar-refractivity contribution in [3.05, 3.63) is 89.7 Å². The number of carbonyl (C=O) groups is 1. The molecule has 2 atom stereocenters. The summed E-state index contributed by atoms with van der Waals surface area (Å²) in [4.78, 5) is 25.7. The van der Waals surface area contributed by atoms with E-state index in [-0.39, 0.29) is 12.0 Å². The number of benzene rings is 2. The van der Waals surface area contributed by atoms with Gasteiger partial charge in [0.15, 0.2) is 0 Å². The predicted molar refractivity (Wildman–Crippen MR) is 119 cm³/mol. The van der Waals surface area contributed by atoms with Gasteiger partial charge in [0, 0.05) is 37.6 Å². The zero-order chi connectivity index (χ0) is 21.2. The molecule has 6 heteroatoms. The number of rotatable bonds is 6. The summed E-state index contributed by atoms with van der Waals surface area (Å²) in [6.07, 6.45) is 4.24. The van der Waals surface area contributed by atoms with Crippen LogP contribution in [0, 0.1) is 0 Å². The van der Waals surface area contributed by atoms with E-state index < -0.39 is 0 Å². The van der Waals surface area contributed by atoms with Gasteiger partial charge in [-0.25, -0.2) is 14.8 Å². The van der Waals surface area contributed by atoms with Crippen molar-refractivity contribution in [3.63, 3.8) is 0 Å². The maximum absolute atomic E-state index is 11.9. The first-order chi connectivity index (χ1) is 15.2. The van der Waals surface area contributed by atoms with Gasteiger partial charge < -0.3 is 9.64 Å². The number of fused-ring (bicyclic) bond motifs is 2. The maximum Gasteiger partial charge on any atom is 0.341 e. The third-order valence-corrected chi connectivity index (χ3v) is 6.25. The van der Waals surface area contributed by atoms with E-state index in [1.54, 1.807) is 19.3 Å². The molecule has 2 aliphatic rings. The van der Waals surface area contributed by atoms with Crippen molar-refractivity contribution in [2.24, 2.45) is 0 Å². The number of piperazine rings is 1. The Morgan fingerprint density at radius 1 is 0.968 bits per heavy atom. The largest absolute Gasteiger partial charge is 0.462 e. The fourth-order valence-electron chi connectivity index (χ4n) is 4.89. The second-order valence-corrected chi connectivity index (χ2v) is 8.11. The van der Waals surface area contributed by atoms with Gasteiger partial charge in [-0.15, -0.1) is 0 Å². The SMILES string of the molecule is CCOC(=O)c1cnc(N2CC3CC2CN3C(c2ccccc2)c2ccccc2)nc1. The number of aromatic nitrogens is 2. The van der Waals surface area contributed by atoms with Crippen LogP contribution in [0.5, 0.6) is 0 Å². The van der Waals surface area contributed by atoms with E-state index in [1.165, 1.54) is 11.1 Å². The molecule has 2 aromatic carbocycles. The van der Waals surface area contributed by atoms with Crippen molar-refractivity contribution in [3.8, 4) is 0 Å². The van der Waals surface area contributed by atoms with Crippen LogP contribution in [0.2, 0.25) is 0 Å². The van der Waals surface area contributed by atoms with E-state index >= 15 is 0 Å².